The van der Waals surface area contributed by atoms with Crippen LogP contribution in [0.1, 0.15) is 29.3 Å². The summed E-state index contributed by atoms with van der Waals surface area (Å²) in [6.45, 7) is 2.93. The van der Waals surface area contributed by atoms with Crippen molar-refractivity contribution in [2.75, 3.05) is 32.1 Å². The van der Waals surface area contributed by atoms with Crippen LogP contribution in [-0.4, -0.2) is 54.7 Å². The zero-order valence-corrected chi connectivity index (χ0v) is 17.5. The predicted molar refractivity (Wildman–Crippen MR) is 112 cm³/mol. The van der Waals surface area contributed by atoms with Gasteiger partial charge in [-0.1, -0.05) is 24.3 Å². The number of hydrogen-bond acceptors (Lipinski definition) is 3. The molecule has 0 spiro atoms. The van der Waals surface area contributed by atoms with Crippen molar-refractivity contribution in [1.82, 2.24) is 9.80 Å². The van der Waals surface area contributed by atoms with Crippen LogP contribution in [0.15, 0.2) is 48.5 Å². The molecule has 7 heteroatoms. The van der Waals surface area contributed by atoms with E-state index in [1.54, 1.807) is 49.3 Å². The molecule has 158 valence electrons. The molecule has 1 heterocycles. The van der Waals surface area contributed by atoms with E-state index in [4.69, 9.17) is 0 Å². The molecule has 6 nitrogen and oxygen atoms in total. The summed E-state index contributed by atoms with van der Waals surface area (Å²) >= 11 is 0. The van der Waals surface area contributed by atoms with Crippen LogP contribution >= 0.6 is 0 Å². The van der Waals surface area contributed by atoms with Gasteiger partial charge in [-0.2, -0.15) is 0 Å². The van der Waals surface area contributed by atoms with E-state index in [-0.39, 0.29) is 36.4 Å². The van der Waals surface area contributed by atoms with Crippen LogP contribution in [0.2, 0.25) is 0 Å². The van der Waals surface area contributed by atoms with E-state index in [2.05, 4.69) is 0 Å². The number of carbonyl (C=O) groups excluding carboxylic acids is 3. The van der Waals surface area contributed by atoms with Gasteiger partial charge in [-0.3, -0.25) is 14.4 Å². The maximum atomic E-state index is 14.1. The lowest BCUT2D eigenvalue weighted by molar-refractivity contribution is -0.136. The molecule has 0 aromatic heterocycles. The van der Waals surface area contributed by atoms with Crippen LogP contribution in [0.3, 0.4) is 0 Å². The van der Waals surface area contributed by atoms with E-state index >= 15 is 0 Å². The predicted octanol–water partition coefficient (Wildman–Crippen LogP) is 2.93. The summed E-state index contributed by atoms with van der Waals surface area (Å²) in [5, 5.41) is 0. The number of rotatable bonds is 6. The first-order valence-corrected chi connectivity index (χ1v) is 9.96. The zero-order valence-electron chi connectivity index (χ0n) is 17.5. The molecule has 0 bridgehead atoms. The fourth-order valence-electron chi connectivity index (χ4n) is 3.61. The first-order chi connectivity index (χ1) is 14.3. The number of hydrogen-bond donors (Lipinski definition) is 0. The van der Waals surface area contributed by atoms with Crippen LogP contribution < -0.4 is 4.90 Å². The number of para-hydroxylation sites is 1. The Morgan fingerprint density at radius 1 is 1.10 bits per heavy atom. The molecular formula is C23H26FN3O3. The third-order valence-electron chi connectivity index (χ3n) is 5.29. The van der Waals surface area contributed by atoms with Crippen LogP contribution in [0.25, 0.3) is 0 Å². The molecule has 1 aliphatic heterocycles. The molecule has 2 aromatic rings. The molecule has 0 aliphatic carbocycles. The Labute approximate surface area is 175 Å². The molecule has 3 rings (SSSR count). The largest absolute Gasteiger partial charge is 0.345 e. The van der Waals surface area contributed by atoms with Crippen LogP contribution in [-0.2, 0) is 16.1 Å². The Kier molecular flexibility index (Phi) is 6.50. The van der Waals surface area contributed by atoms with E-state index in [0.717, 1.165) is 5.56 Å². The number of nitrogens with zero attached hydrogens (tertiary/aromatic N) is 3. The van der Waals surface area contributed by atoms with Crippen molar-refractivity contribution in [3.05, 3.63) is 65.5 Å². The molecule has 1 saturated heterocycles. The minimum Gasteiger partial charge on any atom is -0.345 e. The quantitative estimate of drug-likeness (QED) is 0.734. The molecule has 1 aliphatic rings. The number of carbonyl (C=O) groups is 3. The van der Waals surface area contributed by atoms with Crippen LogP contribution in [0.4, 0.5) is 10.1 Å². The topological polar surface area (TPSA) is 60.9 Å². The van der Waals surface area contributed by atoms with E-state index in [1.165, 1.54) is 15.9 Å². The third-order valence-corrected chi connectivity index (χ3v) is 5.29. The highest BCUT2D eigenvalue weighted by Crippen LogP contribution is 2.28. The van der Waals surface area contributed by atoms with Gasteiger partial charge < -0.3 is 14.7 Å². The van der Waals surface area contributed by atoms with Crippen LogP contribution in [0.5, 0.6) is 0 Å². The van der Waals surface area contributed by atoms with Crippen molar-refractivity contribution in [2.24, 2.45) is 5.92 Å². The SMILES string of the molecule is CCN(Cc1ccc(C(=O)N(C)C)cc1)C(=O)C1CC(=O)N(c2ccccc2F)C1. The average Bonchev–Trinajstić information content (AvgIpc) is 3.13. The van der Waals surface area contributed by atoms with Gasteiger partial charge in [0.2, 0.25) is 11.8 Å². The molecule has 0 radical (unpaired) electrons. The molecule has 1 fully saturated rings. The van der Waals surface area contributed by atoms with Gasteiger partial charge >= 0.3 is 0 Å². The summed E-state index contributed by atoms with van der Waals surface area (Å²) in [5.74, 6) is -1.44. The van der Waals surface area contributed by atoms with E-state index in [1.807, 2.05) is 19.1 Å². The van der Waals surface area contributed by atoms with Crippen molar-refractivity contribution < 1.29 is 18.8 Å². The summed E-state index contributed by atoms with van der Waals surface area (Å²) in [4.78, 5) is 42.0. The monoisotopic (exact) mass is 411 g/mol. The van der Waals surface area contributed by atoms with E-state index in [9.17, 15) is 18.8 Å². The van der Waals surface area contributed by atoms with E-state index in [0.29, 0.717) is 18.7 Å². The summed E-state index contributed by atoms with van der Waals surface area (Å²) in [5.41, 5.74) is 1.69. The summed E-state index contributed by atoms with van der Waals surface area (Å²) < 4.78 is 14.1. The standard InChI is InChI=1S/C23H26FN3O3/c1-4-26(14-16-9-11-17(12-10-16)22(29)25(2)3)23(30)18-13-21(28)27(15-18)20-8-6-5-7-19(20)24/h5-12,18H,4,13-15H2,1-3H3. The minimum atomic E-state index is -0.508. The van der Waals surface area contributed by atoms with Gasteiger partial charge in [0.05, 0.1) is 11.6 Å². The molecule has 1 unspecified atom stereocenters. The average molecular weight is 411 g/mol. The maximum absolute atomic E-state index is 14.1. The van der Waals surface area contributed by atoms with Crippen molar-refractivity contribution >= 4 is 23.4 Å². The molecule has 2 aromatic carbocycles. The first kappa shape index (κ1) is 21.5. The number of anilines is 1. The lowest BCUT2D eigenvalue weighted by atomic mass is 10.1. The highest BCUT2D eigenvalue weighted by Gasteiger charge is 2.37. The van der Waals surface area contributed by atoms with Crippen molar-refractivity contribution in [2.45, 2.75) is 19.9 Å². The van der Waals surface area contributed by atoms with Gasteiger partial charge in [0.15, 0.2) is 0 Å². The van der Waals surface area contributed by atoms with Gasteiger partial charge in [0, 0.05) is 45.7 Å². The highest BCUT2D eigenvalue weighted by molar-refractivity contribution is 6.00. The van der Waals surface area contributed by atoms with Gasteiger partial charge in [0.1, 0.15) is 5.82 Å². The Morgan fingerprint density at radius 2 is 1.77 bits per heavy atom. The fraction of sp³-hybridized carbons (Fsp3) is 0.348. The van der Waals surface area contributed by atoms with Gasteiger partial charge in [-0.15, -0.1) is 0 Å². The van der Waals surface area contributed by atoms with Gasteiger partial charge in [0.25, 0.3) is 5.91 Å². The van der Waals surface area contributed by atoms with Crippen molar-refractivity contribution in [1.29, 1.82) is 0 Å². The lowest BCUT2D eigenvalue weighted by Gasteiger charge is -2.24. The van der Waals surface area contributed by atoms with Crippen molar-refractivity contribution in [3.63, 3.8) is 0 Å². The second-order valence-electron chi connectivity index (χ2n) is 7.61. The number of amides is 3. The fourth-order valence-corrected chi connectivity index (χ4v) is 3.61. The minimum absolute atomic E-state index is 0.0694. The molecule has 0 N–H and O–H groups in total. The second-order valence-corrected chi connectivity index (χ2v) is 7.61. The molecule has 30 heavy (non-hydrogen) atoms. The second kappa shape index (κ2) is 9.07. The Morgan fingerprint density at radius 3 is 2.37 bits per heavy atom. The maximum Gasteiger partial charge on any atom is 0.253 e. The highest BCUT2D eigenvalue weighted by atomic mass is 19.1. The van der Waals surface area contributed by atoms with Crippen LogP contribution in [0, 0.1) is 11.7 Å². The van der Waals surface area contributed by atoms with Gasteiger partial charge in [-0.05, 0) is 36.8 Å². The zero-order chi connectivity index (χ0) is 21.8. The van der Waals surface area contributed by atoms with E-state index < -0.39 is 11.7 Å². The normalized spacial score (nSPS) is 15.9. The lowest BCUT2D eigenvalue weighted by Crippen LogP contribution is -2.37. The molecular weight excluding hydrogens is 385 g/mol. The first-order valence-electron chi connectivity index (χ1n) is 9.96. The number of halogens is 1. The summed E-state index contributed by atoms with van der Waals surface area (Å²) in [7, 11) is 3.39. The van der Waals surface area contributed by atoms with Gasteiger partial charge in [-0.25, -0.2) is 4.39 Å². The Bertz CT molecular complexity index is 943. The molecule has 0 saturated carbocycles. The molecule has 1 atom stereocenters. The Hall–Kier alpha value is -3.22. The third kappa shape index (κ3) is 4.50. The Balaban J connectivity index is 1.68. The number of benzene rings is 2. The summed E-state index contributed by atoms with van der Waals surface area (Å²) in [6.07, 6.45) is 0.0694. The summed E-state index contributed by atoms with van der Waals surface area (Å²) in [6, 6.07) is 13.2. The smallest absolute Gasteiger partial charge is 0.253 e. The van der Waals surface area contributed by atoms with Crippen molar-refractivity contribution in [3.8, 4) is 0 Å². The molecule has 3 amide bonds.